The highest BCUT2D eigenvalue weighted by molar-refractivity contribution is 5.94. The molecule has 6 heteroatoms. The summed E-state index contributed by atoms with van der Waals surface area (Å²) in [5.74, 6) is 1.61. The smallest absolute Gasteiger partial charge is 0.253 e. The number of hydrogen-bond acceptors (Lipinski definition) is 5. The normalized spacial score (nSPS) is 24.8. The van der Waals surface area contributed by atoms with E-state index in [0.29, 0.717) is 18.5 Å². The molecular formula is C23H29N5O. The van der Waals surface area contributed by atoms with Crippen LogP contribution in [0.2, 0.25) is 0 Å². The molecule has 2 unspecified atom stereocenters. The molecule has 2 aromatic rings. The number of hydrogen-bond donors (Lipinski definition) is 1. The predicted molar refractivity (Wildman–Crippen MR) is 113 cm³/mol. The van der Waals surface area contributed by atoms with E-state index in [2.05, 4.69) is 25.1 Å². The number of rotatable bonds is 5. The van der Waals surface area contributed by atoms with Gasteiger partial charge >= 0.3 is 0 Å². The minimum Gasteiger partial charge on any atom is -0.366 e. The predicted octanol–water partition coefficient (Wildman–Crippen LogP) is 3.18. The molecule has 0 bridgehead atoms. The first-order valence-electron chi connectivity index (χ1n) is 10.9. The number of anilines is 1. The third-order valence-corrected chi connectivity index (χ3v) is 6.64. The number of nitrogens with zero attached hydrogens (tertiary/aromatic N) is 4. The number of carbonyl (C=O) groups is 1. The molecule has 0 radical (unpaired) electrons. The van der Waals surface area contributed by atoms with Gasteiger partial charge in [0.05, 0.1) is 0 Å². The van der Waals surface area contributed by atoms with Gasteiger partial charge in [-0.3, -0.25) is 9.69 Å². The first-order valence-corrected chi connectivity index (χ1v) is 10.9. The molecule has 0 spiro atoms. The molecule has 2 atom stereocenters. The van der Waals surface area contributed by atoms with E-state index >= 15 is 0 Å². The maximum absolute atomic E-state index is 13.2. The summed E-state index contributed by atoms with van der Waals surface area (Å²) in [5, 5.41) is 3.28. The Morgan fingerprint density at radius 3 is 2.90 bits per heavy atom. The maximum atomic E-state index is 13.2. The van der Waals surface area contributed by atoms with Crippen LogP contribution in [0.5, 0.6) is 0 Å². The molecule has 1 aliphatic carbocycles. The van der Waals surface area contributed by atoms with Gasteiger partial charge in [0, 0.05) is 43.5 Å². The third kappa shape index (κ3) is 4.13. The van der Waals surface area contributed by atoms with Gasteiger partial charge in [-0.05, 0) is 68.3 Å². The van der Waals surface area contributed by atoms with Crippen molar-refractivity contribution in [2.75, 3.05) is 25.0 Å². The van der Waals surface area contributed by atoms with Crippen LogP contribution in [0, 0.1) is 5.92 Å². The Labute approximate surface area is 172 Å². The van der Waals surface area contributed by atoms with Crippen LogP contribution < -0.4 is 5.32 Å². The van der Waals surface area contributed by atoms with Crippen LogP contribution in [0.3, 0.4) is 0 Å². The zero-order chi connectivity index (χ0) is 19.6. The molecule has 1 N–H and O–H groups in total. The van der Waals surface area contributed by atoms with Crippen LogP contribution >= 0.6 is 0 Å². The minimum atomic E-state index is 0.177. The molecule has 3 heterocycles. The number of piperidine rings is 2. The van der Waals surface area contributed by atoms with Gasteiger partial charge in [0.25, 0.3) is 5.91 Å². The summed E-state index contributed by atoms with van der Waals surface area (Å²) in [4.78, 5) is 26.2. The average Bonchev–Trinajstić information content (AvgIpc) is 3.63. The van der Waals surface area contributed by atoms with Gasteiger partial charge in [-0.2, -0.15) is 0 Å². The van der Waals surface area contributed by atoms with Crippen LogP contribution in [-0.4, -0.2) is 57.4 Å². The number of nitrogens with one attached hydrogen (secondary N) is 1. The lowest BCUT2D eigenvalue weighted by atomic mass is 9.83. The molecule has 2 saturated heterocycles. The molecule has 29 heavy (non-hydrogen) atoms. The van der Waals surface area contributed by atoms with Gasteiger partial charge in [0.1, 0.15) is 12.1 Å². The number of likely N-dealkylation sites (tertiary alicyclic amines) is 2. The molecule has 5 rings (SSSR count). The molecule has 3 fully saturated rings. The second kappa shape index (κ2) is 8.11. The van der Waals surface area contributed by atoms with Gasteiger partial charge in [0.2, 0.25) is 0 Å². The second-order valence-electron chi connectivity index (χ2n) is 8.63. The van der Waals surface area contributed by atoms with Crippen molar-refractivity contribution in [2.24, 2.45) is 5.92 Å². The van der Waals surface area contributed by atoms with Gasteiger partial charge in [0.15, 0.2) is 0 Å². The SMILES string of the molecule is O=C(c1cccc(CNc2ccncn2)c1)N1CCC2C(CCCN2C2CC2)C1. The summed E-state index contributed by atoms with van der Waals surface area (Å²) >= 11 is 0. The van der Waals surface area contributed by atoms with E-state index in [1.807, 2.05) is 30.3 Å². The quantitative estimate of drug-likeness (QED) is 0.848. The molecule has 1 aromatic heterocycles. The Hall–Kier alpha value is -2.47. The Balaban J connectivity index is 1.22. The van der Waals surface area contributed by atoms with Crippen molar-refractivity contribution in [1.82, 2.24) is 19.8 Å². The van der Waals surface area contributed by atoms with Crippen molar-refractivity contribution in [3.05, 3.63) is 54.0 Å². The zero-order valence-electron chi connectivity index (χ0n) is 16.8. The van der Waals surface area contributed by atoms with Gasteiger partial charge in [-0.25, -0.2) is 9.97 Å². The lowest BCUT2D eigenvalue weighted by Gasteiger charge is -2.47. The maximum Gasteiger partial charge on any atom is 0.253 e. The summed E-state index contributed by atoms with van der Waals surface area (Å²) < 4.78 is 0. The van der Waals surface area contributed by atoms with Crippen molar-refractivity contribution in [3.63, 3.8) is 0 Å². The summed E-state index contributed by atoms with van der Waals surface area (Å²) in [5.41, 5.74) is 1.88. The first-order chi connectivity index (χ1) is 14.3. The van der Waals surface area contributed by atoms with Crippen LogP contribution in [0.1, 0.15) is 48.0 Å². The van der Waals surface area contributed by atoms with Gasteiger partial charge in [-0.1, -0.05) is 12.1 Å². The Morgan fingerprint density at radius 1 is 1.14 bits per heavy atom. The first kappa shape index (κ1) is 18.6. The number of benzene rings is 1. The molecule has 3 aliphatic rings. The Bertz CT molecular complexity index is 853. The number of amides is 1. The lowest BCUT2D eigenvalue weighted by molar-refractivity contribution is 0.0174. The van der Waals surface area contributed by atoms with Crippen molar-refractivity contribution < 1.29 is 4.79 Å². The van der Waals surface area contributed by atoms with E-state index in [-0.39, 0.29) is 5.91 Å². The van der Waals surface area contributed by atoms with Gasteiger partial charge in [-0.15, -0.1) is 0 Å². The number of aromatic nitrogens is 2. The average molecular weight is 392 g/mol. The highest BCUT2D eigenvalue weighted by atomic mass is 16.2. The van der Waals surface area contributed by atoms with Gasteiger partial charge < -0.3 is 10.2 Å². The van der Waals surface area contributed by atoms with Crippen LogP contribution in [0.4, 0.5) is 5.82 Å². The highest BCUT2D eigenvalue weighted by Gasteiger charge is 2.42. The number of fused-ring (bicyclic) bond motifs is 1. The van der Waals surface area contributed by atoms with Crippen LogP contribution in [0.15, 0.2) is 42.9 Å². The third-order valence-electron chi connectivity index (χ3n) is 6.64. The van der Waals surface area contributed by atoms with Crippen molar-refractivity contribution >= 4 is 11.7 Å². The Morgan fingerprint density at radius 2 is 2.07 bits per heavy atom. The van der Waals surface area contributed by atoms with E-state index in [0.717, 1.165) is 42.5 Å². The van der Waals surface area contributed by atoms with Crippen molar-refractivity contribution in [2.45, 2.75) is 50.7 Å². The molecule has 2 aliphatic heterocycles. The fourth-order valence-corrected chi connectivity index (χ4v) is 5.07. The minimum absolute atomic E-state index is 0.177. The molecule has 1 saturated carbocycles. The Kier molecular flexibility index (Phi) is 5.19. The van der Waals surface area contributed by atoms with E-state index in [1.54, 1.807) is 6.20 Å². The largest absolute Gasteiger partial charge is 0.366 e. The summed E-state index contributed by atoms with van der Waals surface area (Å²) in [7, 11) is 0. The fourth-order valence-electron chi connectivity index (χ4n) is 5.07. The molecule has 152 valence electrons. The highest BCUT2D eigenvalue weighted by Crippen LogP contribution is 2.38. The summed E-state index contributed by atoms with van der Waals surface area (Å²) in [6, 6.07) is 11.4. The number of carbonyl (C=O) groups excluding carboxylic acids is 1. The monoisotopic (exact) mass is 391 g/mol. The summed E-state index contributed by atoms with van der Waals surface area (Å²) in [6.07, 6.45) is 9.67. The molecular weight excluding hydrogens is 362 g/mol. The van der Waals surface area contributed by atoms with Crippen LogP contribution in [0.25, 0.3) is 0 Å². The summed E-state index contributed by atoms with van der Waals surface area (Å²) in [6.45, 7) is 3.70. The van der Waals surface area contributed by atoms with E-state index in [4.69, 9.17) is 0 Å². The van der Waals surface area contributed by atoms with E-state index < -0.39 is 0 Å². The van der Waals surface area contributed by atoms with E-state index in [1.165, 1.54) is 38.6 Å². The zero-order valence-corrected chi connectivity index (χ0v) is 16.8. The second-order valence-corrected chi connectivity index (χ2v) is 8.63. The van der Waals surface area contributed by atoms with Crippen LogP contribution in [-0.2, 0) is 6.54 Å². The molecule has 1 amide bonds. The molecule has 6 nitrogen and oxygen atoms in total. The fraction of sp³-hybridized carbons (Fsp3) is 0.522. The molecule has 1 aromatic carbocycles. The standard InChI is InChI=1S/C23H29N5O/c29-23(18-4-1-3-17(13-18)14-25-22-8-10-24-16-26-22)27-12-9-21-19(15-27)5-2-11-28(21)20-6-7-20/h1,3-4,8,10,13,16,19-21H,2,5-7,9,11-12,14-15H2,(H,24,25,26). The lowest BCUT2D eigenvalue weighted by Crippen LogP contribution is -2.55. The topological polar surface area (TPSA) is 61.4 Å². The van der Waals surface area contributed by atoms with Crippen molar-refractivity contribution in [1.29, 1.82) is 0 Å². The van der Waals surface area contributed by atoms with Crippen molar-refractivity contribution in [3.8, 4) is 0 Å². The van der Waals surface area contributed by atoms with E-state index in [9.17, 15) is 4.79 Å².